The van der Waals surface area contributed by atoms with E-state index < -0.39 is 23.1 Å². The summed E-state index contributed by atoms with van der Waals surface area (Å²) >= 11 is 0. The number of hydrogen-bond acceptors (Lipinski definition) is 3. The lowest BCUT2D eigenvalue weighted by Crippen LogP contribution is -2.42. The van der Waals surface area contributed by atoms with Crippen LogP contribution in [0.5, 0.6) is 0 Å². The van der Waals surface area contributed by atoms with E-state index in [0.717, 1.165) is 24.1 Å². The van der Waals surface area contributed by atoms with Crippen molar-refractivity contribution in [2.75, 3.05) is 6.54 Å². The van der Waals surface area contributed by atoms with Crippen LogP contribution in [0.1, 0.15) is 54.9 Å². The van der Waals surface area contributed by atoms with Gasteiger partial charge < -0.3 is 10.4 Å². The fraction of sp³-hybridized carbons (Fsp3) is 0.450. The van der Waals surface area contributed by atoms with E-state index in [0.29, 0.717) is 24.9 Å². The van der Waals surface area contributed by atoms with Crippen molar-refractivity contribution < 1.29 is 19.1 Å². The summed E-state index contributed by atoms with van der Waals surface area (Å²) < 4.78 is 15.7. The Bertz CT molecular complexity index is 871. The first-order valence-corrected chi connectivity index (χ1v) is 9.30. The number of rotatable bonds is 7. The number of aromatic nitrogens is 2. The molecule has 1 aliphatic rings. The van der Waals surface area contributed by atoms with E-state index in [9.17, 15) is 19.1 Å². The van der Waals surface area contributed by atoms with Gasteiger partial charge in [-0.15, -0.1) is 0 Å². The molecule has 6 nitrogen and oxygen atoms in total. The molecule has 2 aromatic rings. The van der Waals surface area contributed by atoms with E-state index >= 15 is 0 Å². The summed E-state index contributed by atoms with van der Waals surface area (Å²) in [5, 5.41) is 16.7. The summed E-state index contributed by atoms with van der Waals surface area (Å²) in [5.41, 5.74) is 1.26. The summed E-state index contributed by atoms with van der Waals surface area (Å²) in [6.07, 6.45) is 3.15. The number of carboxylic acids is 1. The number of para-hydroxylation sites is 1. The standard InChI is InChI=1S/C20H24FN3O3/c1-3-20(4-2,19(26)27)12-22-18(25)17-13-8-7-11-15(13)24(23-17)16-10-6-5-9-14(16)21/h5-6,9-10H,3-4,7-8,11-12H2,1-2H3,(H,22,25)(H,26,27). The van der Waals surface area contributed by atoms with Gasteiger partial charge >= 0.3 is 5.97 Å². The van der Waals surface area contributed by atoms with Crippen molar-refractivity contribution in [1.82, 2.24) is 15.1 Å². The number of nitrogens with one attached hydrogen (secondary N) is 1. The van der Waals surface area contributed by atoms with Crippen molar-refractivity contribution in [3.63, 3.8) is 0 Å². The molecular weight excluding hydrogens is 349 g/mol. The van der Waals surface area contributed by atoms with Gasteiger partial charge in [0.25, 0.3) is 5.91 Å². The van der Waals surface area contributed by atoms with E-state index in [2.05, 4.69) is 10.4 Å². The summed E-state index contributed by atoms with van der Waals surface area (Å²) in [6.45, 7) is 3.64. The lowest BCUT2D eigenvalue weighted by molar-refractivity contribution is -0.149. The van der Waals surface area contributed by atoms with Gasteiger partial charge in [-0.1, -0.05) is 26.0 Å². The van der Waals surface area contributed by atoms with Gasteiger partial charge in [-0.2, -0.15) is 5.10 Å². The van der Waals surface area contributed by atoms with Gasteiger partial charge in [0.2, 0.25) is 0 Å². The predicted octanol–water partition coefficient (Wildman–Crippen LogP) is 3.12. The van der Waals surface area contributed by atoms with Crippen LogP contribution in [0, 0.1) is 11.2 Å². The Labute approximate surface area is 157 Å². The van der Waals surface area contributed by atoms with E-state index in [-0.39, 0.29) is 12.2 Å². The molecule has 0 saturated heterocycles. The molecule has 0 fully saturated rings. The highest BCUT2D eigenvalue weighted by Gasteiger charge is 2.36. The van der Waals surface area contributed by atoms with Gasteiger partial charge in [0.1, 0.15) is 11.5 Å². The molecule has 0 radical (unpaired) electrons. The van der Waals surface area contributed by atoms with E-state index in [1.54, 1.807) is 32.0 Å². The second kappa shape index (κ2) is 7.50. The first-order valence-electron chi connectivity index (χ1n) is 9.30. The average molecular weight is 373 g/mol. The summed E-state index contributed by atoms with van der Waals surface area (Å²) in [7, 11) is 0. The van der Waals surface area contributed by atoms with Crippen LogP contribution >= 0.6 is 0 Å². The molecule has 0 bridgehead atoms. The van der Waals surface area contributed by atoms with Crippen molar-refractivity contribution in [2.45, 2.75) is 46.0 Å². The van der Waals surface area contributed by atoms with Crippen LogP contribution in [0.3, 0.4) is 0 Å². The molecule has 2 N–H and O–H groups in total. The molecule has 144 valence electrons. The Morgan fingerprint density at radius 2 is 1.96 bits per heavy atom. The number of benzene rings is 1. The smallest absolute Gasteiger partial charge is 0.311 e. The normalized spacial score (nSPS) is 13.4. The molecule has 0 atom stereocenters. The molecule has 0 unspecified atom stereocenters. The molecule has 0 aliphatic heterocycles. The number of hydrogen-bond donors (Lipinski definition) is 2. The minimum Gasteiger partial charge on any atom is -0.481 e. The van der Waals surface area contributed by atoms with Crippen molar-refractivity contribution in [1.29, 1.82) is 0 Å². The van der Waals surface area contributed by atoms with E-state index in [1.165, 1.54) is 10.7 Å². The first-order chi connectivity index (χ1) is 12.9. The van der Waals surface area contributed by atoms with Gasteiger partial charge in [-0.25, -0.2) is 9.07 Å². The largest absolute Gasteiger partial charge is 0.481 e. The molecule has 3 rings (SSSR count). The number of amides is 1. The Kier molecular flexibility index (Phi) is 5.30. The SMILES string of the molecule is CCC(CC)(CNC(=O)c1nn(-c2ccccc2F)c2c1CCC2)C(=O)O. The van der Waals surface area contributed by atoms with Gasteiger partial charge in [-0.05, 0) is 44.2 Å². The number of carboxylic acid groups (broad SMARTS) is 1. The second-order valence-corrected chi connectivity index (χ2v) is 6.97. The average Bonchev–Trinajstić information content (AvgIpc) is 3.26. The minimum atomic E-state index is -0.993. The van der Waals surface area contributed by atoms with Crippen molar-refractivity contribution in [3.05, 3.63) is 47.0 Å². The molecule has 7 heteroatoms. The predicted molar refractivity (Wildman–Crippen MR) is 98.5 cm³/mol. The maximum absolute atomic E-state index is 14.2. The van der Waals surface area contributed by atoms with Crippen LogP contribution in [0.25, 0.3) is 5.69 Å². The molecule has 0 saturated carbocycles. The maximum atomic E-state index is 14.2. The van der Waals surface area contributed by atoms with Crippen LogP contribution in [-0.4, -0.2) is 33.3 Å². The van der Waals surface area contributed by atoms with Gasteiger partial charge in [0, 0.05) is 17.8 Å². The fourth-order valence-electron chi connectivity index (χ4n) is 3.65. The van der Waals surface area contributed by atoms with Gasteiger partial charge in [-0.3, -0.25) is 9.59 Å². The van der Waals surface area contributed by atoms with Crippen LogP contribution in [0.15, 0.2) is 24.3 Å². The third-order valence-corrected chi connectivity index (χ3v) is 5.62. The molecule has 27 heavy (non-hydrogen) atoms. The van der Waals surface area contributed by atoms with Crippen molar-refractivity contribution in [3.8, 4) is 5.69 Å². The molecule has 1 aliphatic carbocycles. The third-order valence-electron chi connectivity index (χ3n) is 5.62. The fourth-order valence-corrected chi connectivity index (χ4v) is 3.65. The van der Waals surface area contributed by atoms with Crippen LogP contribution in [-0.2, 0) is 17.6 Å². The van der Waals surface area contributed by atoms with Crippen LogP contribution in [0.2, 0.25) is 0 Å². The summed E-state index contributed by atoms with van der Waals surface area (Å²) in [4.78, 5) is 24.4. The quantitative estimate of drug-likeness (QED) is 0.781. The first kappa shape index (κ1) is 19.1. The van der Waals surface area contributed by atoms with Gasteiger partial charge in [0.05, 0.1) is 5.41 Å². The lowest BCUT2D eigenvalue weighted by Gasteiger charge is -2.26. The lowest BCUT2D eigenvalue weighted by atomic mass is 9.82. The van der Waals surface area contributed by atoms with Gasteiger partial charge in [0.15, 0.2) is 5.69 Å². The molecular formula is C20H24FN3O3. The highest BCUT2D eigenvalue weighted by molar-refractivity contribution is 5.94. The number of carbonyl (C=O) groups is 2. The third kappa shape index (κ3) is 3.34. The van der Waals surface area contributed by atoms with Crippen molar-refractivity contribution >= 4 is 11.9 Å². The zero-order chi connectivity index (χ0) is 19.6. The van der Waals surface area contributed by atoms with E-state index in [4.69, 9.17) is 0 Å². The molecule has 1 heterocycles. The highest BCUT2D eigenvalue weighted by atomic mass is 19.1. The summed E-state index contributed by atoms with van der Waals surface area (Å²) in [5.74, 6) is -1.73. The molecule has 1 aromatic carbocycles. The highest BCUT2D eigenvalue weighted by Crippen LogP contribution is 2.29. The Balaban J connectivity index is 1.90. The monoisotopic (exact) mass is 373 g/mol. The number of fused-ring (bicyclic) bond motifs is 1. The Morgan fingerprint density at radius 3 is 2.59 bits per heavy atom. The summed E-state index contributed by atoms with van der Waals surface area (Å²) in [6, 6.07) is 6.33. The number of carbonyl (C=O) groups excluding carboxylic acids is 1. The molecule has 1 amide bonds. The van der Waals surface area contributed by atoms with Crippen LogP contribution in [0.4, 0.5) is 4.39 Å². The topological polar surface area (TPSA) is 84.2 Å². The number of halogens is 1. The Hall–Kier alpha value is -2.70. The number of nitrogens with zero attached hydrogens (tertiary/aromatic N) is 2. The second-order valence-electron chi connectivity index (χ2n) is 6.97. The van der Waals surface area contributed by atoms with Crippen molar-refractivity contribution in [2.24, 2.45) is 5.41 Å². The van der Waals surface area contributed by atoms with E-state index in [1.807, 2.05) is 0 Å². The molecule has 1 aromatic heterocycles. The molecule has 0 spiro atoms. The maximum Gasteiger partial charge on any atom is 0.311 e. The Morgan fingerprint density at radius 1 is 1.26 bits per heavy atom. The zero-order valence-electron chi connectivity index (χ0n) is 15.6. The van der Waals surface area contributed by atoms with Crippen LogP contribution < -0.4 is 5.32 Å². The minimum absolute atomic E-state index is 0.0372. The zero-order valence-corrected chi connectivity index (χ0v) is 15.6. The number of aliphatic carboxylic acids is 1.